The molecule has 29 heavy (non-hydrogen) atoms. The number of amides is 2. The van der Waals surface area contributed by atoms with Gasteiger partial charge in [-0.3, -0.25) is 14.9 Å². The molecule has 12 heteroatoms. The van der Waals surface area contributed by atoms with Crippen molar-refractivity contribution in [1.29, 1.82) is 0 Å². The number of nitrogens with zero attached hydrogens (tertiary/aromatic N) is 3. The maximum atomic E-state index is 13.1. The van der Waals surface area contributed by atoms with Gasteiger partial charge in [-0.1, -0.05) is 39.9 Å². The lowest BCUT2D eigenvalue weighted by Gasteiger charge is -2.04. The number of nitrogens with one attached hydrogen (secondary N) is 2. The maximum Gasteiger partial charge on any atom is 0.279 e. The average molecular weight is 454 g/mol. The van der Waals surface area contributed by atoms with Crippen molar-refractivity contribution < 1.29 is 18.5 Å². The van der Waals surface area contributed by atoms with E-state index in [0.717, 1.165) is 41.7 Å². The number of carbonyl (C=O) groups excluding carboxylic acids is 2. The minimum Gasteiger partial charge on any atom is -0.360 e. The molecule has 1 saturated carbocycles. The Labute approximate surface area is 177 Å². The fraction of sp³-hybridized carbons (Fsp3) is 0.235. The van der Waals surface area contributed by atoms with Gasteiger partial charge in [0.05, 0.1) is 10.8 Å². The normalized spacial score (nSPS) is 13.3. The van der Waals surface area contributed by atoms with E-state index in [0.29, 0.717) is 21.1 Å². The second-order valence-electron chi connectivity index (χ2n) is 6.18. The molecular weight excluding hydrogens is 441 g/mol. The van der Waals surface area contributed by atoms with Gasteiger partial charge in [0.2, 0.25) is 11.0 Å². The molecule has 0 spiro atoms. The molecule has 1 fully saturated rings. The van der Waals surface area contributed by atoms with E-state index in [1.54, 1.807) is 6.07 Å². The van der Waals surface area contributed by atoms with Crippen molar-refractivity contribution in [1.82, 2.24) is 15.4 Å². The lowest BCUT2D eigenvalue weighted by atomic mass is 10.3. The summed E-state index contributed by atoms with van der Waals surface area (Å²) in [5.41, 5.74) is 0.582. The summed E-state index contributed by atoms with van der Waals surface area (Å²) in [6.45, 7) is 0. The number of hydrogen-bond acceptors (Lipinski definition) is 8. The molecule has 3 aromatic rings. The summed E-state index contributed by atoms with van der Waals surface area (Å²) in [6, 6.07) is 5.56. The van der Waals surface area contributed by atoms with E-state index in [2.05, 4.69) is 26.0 Å². The zero-order chi connectivity index (χ0) is 20.4. The molecule has 0 radical (unpaired) electrons. The first-order valence-corrected chi connectivity index (χ1v) is 10.6. The third kappa shape index (κ3) is 5.11. The van der Waals surface area contributed by atoms with Gasteiger partial charge in [-0.25, -0.2) is 4.39 Å². The van der Waals surface area contributed by atoms with Crippen LogP contribution < -0.4 is 10.6 Å². The van der Waals surface area contributed by atoms with Gasteiger partial charge >= 0.3 is 0 Å². The molecule has 1 aliphatic rings. The predicted molar refractivity (Wildman–Crippen MR) is 107 cm³/mol. The van der Waals surface area contributed by atoms with Crippen LogP contribution in [0.4, 0.5) is 15.2 Å². The van der Waals surface area contributed by atoms with Crippen molar-refractivity contribution in [2.45, 2.75) is 23.1 Å². The number of anilines is 2. The Hall–Kier alpha value is -2.50. The molecule has 150 valence electrons. The Kier molecular flexibility index (Phi) is 5.79. The SMILES string of the molecule is O=C(CSc1nnc(NC(=O)c2cc(C3CC3)on2)s1)Nc1ccc(F)c(Cl)c1. The van der Waals surface area contributed by atoms with E-state index in [1.807, 2.05) is 0 Å². The highest BCUT2D eigenvalue weighted by molar-refractivity contribution is 8.01. The molecule has 2 aromatic heterocycles. The first-order valence-electron chi connectivity index (χ1n) is 8.47. The van der Waals surface area contributed by atoms with Crippen molar-refractivity contribution in [3.63, 3.8) is 0 Å². The molecule has 4 rings (SSSR count). The lowest BCUT2D eigenvalue weighted by Crippen LogP contribution is -2.13. The van der Waals surface area contributed by atoms with E-state index in [1.165, 1.54) is 18.2 Å². The second kappa shape index (κ2) is 8.47. The van der Waals surface area contributed by atoms with Crippen molar-refractivity contribution in [2.75, 3.05) is 16.4 Å². The topological polar surface area (TPSA) is 110 Å². The molecule has 2 amide bonds. The lowest BCUT2D eigenvalue weighted by molar-refractivity contribution is -0.113. The van der Waals surface area contributed by atoms with Crippen LogP contribution in [0.15, 0.2) is 33.1 Å². The molecular formula is C17H13ClFN5O3S2. The molecule has 0 unspecified atom stereocenters. The number of rotatable bonds is 7. The van der Waals surface area contributed by atoms with Gasteiger partial charge in [-0.05, 0) is 31.0 Å². The smallest absolute Gasteiger partial charge is 0.279 e. The van der Waals surface area contributed by atoms with Crippen molar-refractivity contribution >= 4 is 57.3 Å². The fourth-order valence-electron chi connectivity index (χ4n) is 2.33. The molecule has 0 aliphatic heterocycles. The van der Waals surface area contributed by atoms with Crippen molar-refractivity contribution in [3.05, 3.63) is 46.6 Å². The highest BCUT2D eigenvalue weighted by atomic mass is 35.5. The van der Waals surface area contributed by atoms with Gasteiger partial charge in [-0.15, -0.1) is 10.2 Å². The average Bonchev–Trinajstić information content (AvgIpc) is 3.24. The van der Waals surface area contributed by atoms with Gasteiger partial charge in [0.15, 0.2) is 10.0 Å². The first kappa shape index (κ1) is 19.8. The van der Waals surface area contributed by atoms with Gasteiger partial charge in [0.1, 0.15) is 11.6 Å². The minimum absolute atomic E-state index is 0.0611. The van der Waals surface area contributed by atoms with E-state index in [9.17, 15) is 14.0 Å². The maximum absolute atomic E-state index is 13.1. The monoisotopic (exact) mass is 453 g/mol. The van der Waals surface area contributed by atoms with Crippen LogP contribution in [0.5, 0.6) is 0 Å². The summed E-state index contributed by atoms with van der Waals surface area (Å²) < 4.78 is 18.8. The predicted octanol–water partition coefficient (Wildman–Crippen LogP) is 4.18. The largest absolute Gasteiger partial charge is 0.360 e. The minimum atomic E-state index is -0.558. The number of hydrogen-bond donors (Lipinski definition) is 2. The summed E-state index contributed by atoms with van der Waals surface area (Å²) >= 11 is 7.97. The summed E-state index contributed by atoms with van der Waals surface area (Å²) in [4.78, 5) is 24.2. The van der Waals surface area contributed by atoms with E-state index < -0.39 is 11.7 Å². The standard InChI is InChI=1S/C17H13ClFN5O3S2/c18-10-5-9(3-4-11(10)19)20-14(25)7-28-17-23-22-16(29-17)21-15(26)12-6-13(27-24-12)8-1-2-8/h3-6,8H,1-2,7H2,(H,20,25)(H,21,22,26). The Bertz CT molecular complexity index is 1070. The quantitative estimate of drug-likeness (QED) is 0.408. The van der Waals surface area contributed by atoms with Crippen LogP contribution in [0, 0.1) is 5.82 Å². The van der Waals surface area contributed by atoms with Gasteiger partial charge in [0, 0.05) is 17.7 Å². The zero-order valence-corrected chi connectivity index (χ0v) is 17.0. The van der Waals surface area contributed by atoms with Crippen LogP contribution >= 0.6 is 34.7 Å². The van der Waals surface area contributed by atoms with Gasteiger partial charge in [-0.2, -0.15) is 0 Å². The highest BCUT2D eigenvalue weighted by Crippen LogP contribution is 2.40. The van der Waals surface area contributed by atoms with E-state index in [-0.39, 0.29) is 22.4 Å². The highest BCUT2D eigenvalue weighted by Gasteiger charge is 2.29. The third-order valence-corrected chi connectivity index (χ3v) is 6.16. The Morgan fingerprint density at radius 2 is 2.10 bits per heavy atom. The van der Waals surface area contributed by atoms with Crippen molar-refractivity contribution in [2.24, 2.45) is 0 Å². The Morgan fingerprint density at radius 1 is 1.28 bits per heavy atom. The molecule has 2 N–H and O–H groups in total. The van der Waals surface area contributed by atoms with E-state index in [4.69, 9.17) is 16.1 Å². The van der Waals surface area contributed by atoms with Crippen molar-refractivity contribution in [3.8, 4) is 0 Å². The summed E-state index contributed by atoms with van der Waals surface area (Å²) in [7, 11) is 0. The molecule has 1 aromatic carbocycles. The molecule has 0 saturated heterocycles. The second-order valence-corrected chi connectivity index (χ2v) is 8.79. The number of benzene rings is 1. The Balaban J connectivity index is 1.27. The number of aromatic nitrogens is 3. The van der Waals surface area contributed by atoms with E-state index >= 15 is 0 Å². The number of thioether (sulfide) groups is 1. The summed E-state index contributed by atoms with van der Waals surface area (Å²) in [5, 5.41) is 17.0. The van der Waals surface area contributed by atoms with Gasteiger partial charge in [0.25, 0.3) is 5.91 Å². The van der Waals surface area contributed by atoms with Gasteiger partial charge < -0.3 is 9.84 Å². The summed E-state index contributed by atoms with van der Waals surface area (Å²) in [6.07, 6.45) is 2.10. The van der Waals surface area contributed by atoms with Crippen LogP contribution in [-0.2, 0) is 4.79 Å². The fourth-order valence-corrected chi connectivity index (χ4v) is 4.06. The van der Waals surface area contributed by atoms with Crippen LogP contribution in [0.25, 0.3) is 0 Å². The van der Waals surface area contributed by atoms with Crippen LogP contribution in [-0.4, -0.2) is 32.9 Å². The summed E-state index contributed by atoms with van der Waals surface area (Å²) in [5.74, 6) is -0.154. The van der Waals surface area contributed by atoms with Crippen LogP contribution in [0.3, 0.4) is 0 Å². The molecule has 1 aliphatic carbocycles. The molecule has 8 nitrogen and oxygen atoms in total. The molecule has 0 atom stereocenters. The van der Waals surface area contributed by atoms with Crippen LogP contribution in [0.1, 0.15) is 35.0 Å². The molecule has 0 bridgehead atoms. The number of halogens is 2. The first-order chi connectivity index (χ1) is 14.0. The third-order valence-electron chi connectivity index (χ3n) is 3.90. The zero-order valence-electron chi connectivity index (χ0n) is 14.6. The van der Waals surface area contributed by atoms with Crippen LogP contribution in [0.2, 0.25) is 5.02 Å². The Morgan fingerprint density at radius 3 is 2.86 bits per heavy atom. The number of carbonyl (C=O) groups is 2. The molecule has 2 heterocycles.